The Hall–Kier alpha value is -0.830. The van der Waals surface area contributed by atoms with Gasteiger partial charge in [0.15, 0.2) is 0 Å². The fraction of sp³-hybridized carbons (Fsp3) is 0.125. The Kier molecular flexibility index (Phi) is 2.65. The van der Waals surface area contributed by atoms with Crippen molar-refractivity contribution in [2.75, 3.05) is 7.05 Å². The molecule has 0 aliphatic carbocycles. The molecule has 0 saturated heterocycles. The molecule has 3 heteroatoms. The van der Waals surface area contributed by atoms with Crippen molar-refractivity contribution in [3.05, 3.63) is 34.9 Å². The summed E-state index contributed by atoms with van der Waals surface area (Å²) in [4.78, 5) is 4.05. The van der Waals surface area contributed by atoms with E-state index in [1.165, 1.54) is 0 Å². The second-order valence-corrected chi connectivity index (χ2v) is 2.93. The van der Waals surface area contributed by atoms with Gasteiger partial charge in [0.1, 0.15) is 5.49 Å². The topological polar surface area (TPSA) is 17.3 Å². The fourth-order valence-corrected chi connectivity index (χ4v) is 1.17. The molecule has 0 spiro atoms. The van der Waals surface area contributed by atoms with Crippen molar-refractivity contribution in [2.45, 2.75) is 0 Å². The average Bonchev–Trinajstić information content (AvgIpc) is 2.04. The van der Waals surface area contributed by atoms with Crippen LogP contribution in [-0.4, -0.2) is 11.6 Å². The van der Waals surface area contributed by atoms with Crippen LogP contribution in [0.5, 0.6) is 0 Å². The first kappa shape index (κ1) is 8.27. The standard InChI is InChI=1S/C8H9BrN2/c1-3-11-6-7(9)4-5-8(11)10-2/h3-6H,1H2,2H3. The van der Waals surface area contributed by atoms with Crippen molar-refractivity contribution in [1.82, 2.24) is 4.57 Å². The Morgan fingerprint density at radius 2 is 2.36 bits per heavy atom. The minimum atomic E-state index is 0.892. The van der Waals surface area contributed by atoms with Crippen LogP contribution in [0, 0.1) is 0 Å². The van der Waals surface area contributed by atoms with E-state index in [0.717, 1.165) is 9.96 Å². The molecular weight excluding hydrogens is 204 g/mol. The molecule has 1 aromatic rings. The van der Waals surface area contributed by atoms with E-state index in [4.69, 9.17) is 0 Å². The van der Waals surface area contributed by atoms with E-state index in [9.17, 15) is 0 Å². The van der Waals surface area contributed by atoms with E-state index in [1.54, 1.807) is 13.2 Å². The fourth-order valence-electron chi connectivity index (χ4n) is 0.818. The minimum Gasteiger partial charge on any atom is -0.308 e. The number of halogens is 1. The highest BCUT2D eigenvalue weighted by Gasteiger charge is 1.88. The van der Waals surface area contributed by atoms with Crippen molar-refractivity contribution in [3.8, 4) is 0 Å². The quantitative estimate of drug-likeness (QED) is 0.677. The van der Waals surface area contributed by atoms with Crippen LogP contribution in [0.4, 0.5) is 0 Å². The summed E-state index contributed by atoms with van der Waals surface area (Å²) in [6, 6.07) is 3.87. The molecule has 0 unspecified atom stereocenters. The second kappa shape index (κ2) is 3.53. The zero-order chi connectivity index (χ0) is 8.27. The summed E-state index contributed by atoms with van der Waals surface area (Å²) >= 11 is 3.36. The van der Waals surface area contributed by atoms with Crippen LogP contribution in [0.3, 0.4) is 0 Å². The van der Waals surface area contributed by atoms with Gasteiger partial charge in [-0.1, -0.05) is 6.58 Å². The Morgan fingerprint density at radius 3 is 2.91 bits per heavy atom. The van der Waals surface area contributed by atoms with Gasteiger partial charge in [0, 0.05) is 23.9 Å². The molecule has 0 aromatic carbocycles. The molecule has 1 heterocycles. The predicted molar refractivity (Wildman–Crippen MR) is 50.0 cm³/mol. The maximum absolute atomic E-state index is 4.05. The summed E-state index contributed by atoms with van der Waals surface area (Å²) < 4.78 is 2.87. The van der Waals surface area contributed by atoms with Crippen molar-refractivity contribution in [1.29, 1.82) is 0 Å². The summed E-state index contributed by atoms with van der Waals surface area (Å²) in [6.07, 6.45) is 3.63. The second-order valence-electron chi connectivity index (χ2n) is 2.02. The molecule has 11 heavy (non-hydrogen) atoms. The summed E-state index contributed by atoms with van der Waals surface area (Å²) in [6.45, 7) is 3.66. The molecule has 1 aromatic heterocycles. The maximum Gasteiger partial charge on any atom is 0.131 e. The minimum absolute atomic E-state index is 0.892. The smallest absolute Gasteiger partial charge is 0.131 e. The van der Waals surface area contributed by atoms with E-state index < -0.39 is 0 Å². The van der Waals surface area contributed by atoms with E-state index in [2.05, 4.69) is 27.5 Å². The highest BCUT2D eigenvalue weighted by Crippen LogP contribution is 2.04. The van der Waals surface area contributed by atoms with E-state index in [0.29, 0.717) is 0 Å². The molecule has 0 fully saturated rings. The van der Waals surface area contributed by atoms with Gasteiger partial charge in [-0.2, -0.15) is 0 Å². The van der Waals surface area contributed by atoms with Gasteiger partial charge in [0.25, 0.3) is 0 Å². The largest absolute Gasteiger partial charge is 0.308 e. The molecule has 1 rings (SSSR count). The van der Waals surface area contributed by atoms with Crippen LogP contribution in [-0.2, 0) is 0 Å². The normalized spacial score (nSPS) is 11.6. The number of pyridine rings is 1. The number of hydrogen-bond acceptors (Lipinski definition) is 1. The molecule has 58 valence electrons. The van der Waals surface area contributed by atoms with Crippen molar-refractivity contribution in [2.24, 2.45) is 4.99 Å². The molecule has 0 radical (unpaired) electrons. The molecule has 0 amide bonds. The van der Waals surface area contributed by atoms with Gasteiger partial charge in [-0.3, -0.25) is 4.99 Å². The molecular formula is C8H9BrN2. The molecule has 2 nitrogen and oxygen atoms in total. The van der Waals surface area contributed by atoms with E-state index >= 15 is 0 Å². The number of rotatable bonds is 1. The Balaban J connectivity index is 3.40. The van der Waals surface area contributed by atoms with Crippen LogP contribution in [0.25, 0.3) is 6.20 Å². The molecule has 0 aliphatic rings. The van der Waals surface area contributed by atoms with E-state index in [1.807, 2.05) is 22.9 Å². The van der Waals surface area contributed by atoms with Gasteiger partial charge in [-0.15, -0.1) is 0 Å². The van der Waals surface area contributed by atoms with Gasteiger partial charge in [-0.05, 0) is 28.1 Å². The highest BCUT2D eigenvalue weighted by molar-refractivity contribution is 9.10. The average molecular weight is 213 g/mol. The first-order valence-electron chi connectivity index (χ1n) is 3.21. The molecule has 0 N–H and O–H groups in total. The third kappa shape index (κ3) is 1.80. The van der Waals surface area contributed by atoms with Crippen LogP contribution in [0.2, 0.25) is 0 Å². The lowest BCUT2D eigenvalue weighted by atomic mass is 10.5. The van der Waals surface area contributed by atoms with Gasteiger partial charge >= 0.3 is 0 Å². The number of aromatic nitrogens is 1. The van der Waals surface area contributed by atoms with Gasteiger partial charge in [0.2, 0.25) is 0 Å². The maximum atomic E-state index is 4.05. The van der Waals surface area contributed by atoms with Crippen LogP contribution >= 0.6 is 15.9 Å². The summed E-state index contributed by atoms with van der Waals surface area (Å²) in [5.74, 6) is 0. The third-order valence-electron chi connectivity index (χ3n) is 1.34. The zero-order valence-corrected chi connectivity index (χ0v) is 7.87. The lowest BCUT2D eigenvalue weighted by Crippen LogP contribution is -2.14. The molecule has 0 aliphatic heterocycles. The Morgan fingerprint density at radius 1 is 1.64 bits per heavy atom. The van der Waals surface area contributed by atoms with Crippen molar-refractivity contribution < 1.29 is 0 Å². The van der Waals surface area contributed by atoms with Crippen LogP contribution in [0.15, 0.2) is 34.4 Å². The first-order chi connectivity index (χ1) is 5.27. The Bertz CT molecular complexity index is 325. The monoisotopic (exact) mass is 212 g/mol. The SMILES string of the molecule is C=Cn1cc(Br)ccc1=NC. The summed E-state index contributed by atoms with van der Waals surface area (Å²) in [5.41, 5.74) is 0.892. The molecule has 0 atom stereocenters. The highest BCUT2D eigenvalue weighted by atomic mass is 79.9. The van der Waals surface area contributed by atoms with Crippen LogP contribution in [0.1, 0.15) is 0 Å². The summed E-state index contributed by atoms with van der Waals surface area (Å²) in [7, 11) is 1.75. The van der Waals surface area contributed by atoms with Gasteiger partial charge in [0.05, 0.1) is 0 Å². The summed E-state index contributed by atoms with van der Waals surface area (Å²) in [5, 5.41) is 0. The predicted octanol–water partition coefficient (Wildman–Crippen LogP) is 1.88. The van der Waals surface area contributed by atoms with Gasteiger partial charge in [-0.25, -0.2) is 0 Å². The molecule has 0 bridgehead atoms. The number of nitrogens with zero attached hydrogens (tertiary/aromatic N) is 2. The first-order valence-corrected chi connectivity index (χ1v) is 4.00. The lowest BCUT2D eigenvalue weighted by molar-refractivity contribution is 0.986. The van der Waals surface area contributed by atoms with Crippen LogP contribution < -0.4 is 5.49 Å². The van der Waals surface area contributed by atoms with Gasteiger partial charge < -0.3 is 4.57 Å². The van der Waals surface area contributed by atoms with Crippen molar-refractivity contribution in [3.63, 3.8) is 0 Å². The number of hydrogen-bond donors (Lipinski definition) is 0. The van der Waals surface area contributed by atoms with Crippen molar-refractivity contribution >= 4 is 22.1 Å². The van der Waals surface area contributed by atoms with E-state index in [-0.39, 0.29) is 0 Å². The lowest BCUT2D eigenvalue weighted by Gasteiger charge is -1.99. The third-order valence-corrected chi connectivity index (χ3v) is 1.81. The molecule has 0 saturated carbocycles. The Labute approximate surface area is 74.0 Å². The zero-order valence-electron chi connectivity index (χ0n) is 6.29.